The highest BCUT2D eigenvalue weighted by Crippen LogP contribution is 2.31. The van der Waals surface area contributed by atoms with Crippen LogP contribution in [0.1, 0.15) is 11.1 Å². The molecule has 0 aromatic heterocycles. The Morgan fingerprint density at radius 1 is 1.36 bits per heavy atom. The third-order valence-corrected chi connectivity index (χ3v) is 2.20. The van der Waals surface area contributed by atoms with Crippen molar-refractivity contribution in [2.24, 2.45) is 0 Å². The molecular formula is C8H6F3IN2. The third-order valence-electron chi connectivity index (χ3n) is 1.62. The molecule has 0 unspecified atom stereocenters. The lowest BCUT2D eigenvalue weighted by Gasteiger charge is -2.09. The van der Waals surface area contributed by atoms with Gasteiger partial charge in [0.1, 0.15) is 3.72 Å². The molecule has 0 heterocycles. The molecule has 0 amide bonds. The van der Waals surface area contributed by atoms with Gasteiger partial charge < -0.3 is 5.73 Å². The van der Waals surface area contributed by atoms with E-state index >= 15 is 0 Å². The van der Waals surface area contributed by atoms with Gasteiger partial charge in [-0.05, 0) is 40.8 Å². The topological polar surface area (TPSA) is 49.9 Å². The molecular weight excluding hydrogens is 308 g/mol. The summed E-state index contributed by atoms with van der Waals surface area (Å²) in [5, 5.41) is 7.23. The van der Waals surface area contributed by atoms with E-state index in [1.807, 2.05) is 0 Å². The van der Waals surface area contributed by atoms with Crippen molar-refractivity contribution in [3.8, 4) is 0 Å². The van der Waals surface area contributed by atoms with Crippen LogP contribution in [-0.4, -0.2) is 3.72 Å². The Labute approximate surface area is 91.9 Å². The number of nitrogens with two attached hydrogens (primary N) is 1. The highest BCUT2D eigenvalue weighted by Gasteiger charge is 2.30. The Bertz CT molecular complexity index is 373. The summed E-state index contributed by atoms with van der Waals surface area (Å²) in [6, 6.07) is 2.95. The van der Waals surface area contributed by atoms with Crippen molar-refractivity contribution >= 4 is 32.0 Å². The molecule has 1 aromatic rings. The highest BCUT2D eigenvalue weighted by molar-refractivity contribution is 14.1. The van der Waals surface area contributed by atoms with Gasteiger partial charge in [-0.25, -0.2) is 0 Å². The standard InChI is InChI=1S/C8H6F3IN2/c9-8(10,11)4-1-2-5(7(12)14)6(13)3-4/h1-3,14H,13H2. The molecule has 0 aliphatic carbocycles. The Balaban J connectivity index is 3.20. The Morgan fingerprint density at radius 3 is 2.29 bits per heavy atom. The minimum Gasteiger partial charge on any atom is -0.398 e. The van der Waals surface area contributed by atoms with E-state index in [9.17, 15) is 13.2 Å². The van der Waals surface area contributed by atoms with E-state index in [0.29, 0.717) is 5.56 Å². The van der Waals surface area contributed by atoms with Crippen LogP contribution in [0.5, 0.6) is 0 Å². The van der Waals surface area contributed by atoms with Crippen LogP contribution in [-0.2, 0) is 6.18 Å². The van der Waals surface area contributed by atoms with E-state index in [1.165, 1.54) is 6.07 Å². The number of nitrogens with one attached hydrogen (secondary N) is 1. The summed E-state index contributed by atoms with van der Waals surface area (Å²) in [4.78, 5) is 0. The zero-order chi connectivity index (χ0) is 10.9. The van der Waals surface area contributed by atoms with E-state index in [-0.39, 0.29) is 9.41 Å². The van der Waals surface area contributed by atoms with Crippen LogP contribution in [0.4, 0.5) is 18.9 Å². The van der Waals surface area contributed by atoms with Crippen molar-refractivity contribution in [1.29, 1.82) is 5.41 Å². The van der Waals surface area contributed by atoms with Crippen LogP contribution in [0.15, 0.2) is 18.2 Å². The Kier molecular flexibility index (Phi) is 3.03. The smallest absolute Gasteiger partial charge is 0.398 e. The van der Waals surface area contributed by atoms with Gasteiger partial charge in [-0.15, -0.1) is 0 Å². The second-order valence-electron chi connectivity index (χ2n) is 2.61. The van der Waals surface area contributed by atoms with E-state index in [4.69, 9.17) is 11.1 Å². The number of rotatable bonds is 1. The van der Waals surface area contributed by atoms with Crippen LogP contribution >= 0.6 is 22.6 Å². The van der Waals surface area contributed by atoms with Gasteiger partial charge >= 0.3 is 6.18 Å². The Morgan fingerprint density at radius 2 is 1.93 bits per heavy atom. The maximum atomic E-state index is 12.2. The zero-order valence-corrected chi connectivity index (χ0v) is 8.98. The molecule has 0 bridgehead atoms. The molecule has 0 spiro atoms. The summed E-state index contributed by atoms with van der Waals surface area (Å²) in [6.07, 6.45) is -4.39. The van der Waals surface area contributed by atoms with E-state index < -0.39 is 11.7 Å². The minimum absolute atomic E-state index is 0.0285. The van der Waals surface area contributed by atoms with Crippen LogP contribution in [0, 0.1) is 5.41 Å². The Hall–Kier alpha value is -0.790. The van der Waals surface area contributed by atoms with Crippen molar-refractivity contribution in [2.75, 3.05) is 5.73 Å². The number of nitrogen functional groups attached to an aromatic ring is 1. The van der Waals surface area contributed by atoms with E-state index in [1.54, 1.807) is 22.6 Å². The first-order chi connectivity index (χ1) is 6.32. The van der Waals surface area contributed by atoms with Gasteiger partial charge in [0.2, 0.25) is 0 Å². The lowest BCUT2D eigenvalue weighted by atomic mass is 10.1. The lowest BCUT2D eigenvalue weighted by molar-refractivity contribution is -0.137. The molecule has 76 valence electrons. The van der Waals surface area contributed by atoms with Crippen molar-refractivity contribution in [3.05, 3.63) is 29.3 Å². The van der Waals surface area contributed by atoms with Gasteiger partial charge in [0.05, 0.1) is 5.56 Å². The van der Waals surface area contributed by atoms with Gasteiger partial charge in [-0.3, -0.25) is 5.41 Å². The average Bonchev–Trinajstić information content (AvgIpc) is 2.01. The second kappa shape index (κ2) is 3.76. The molecule has 14 heavy (non-hydrogen) atoms. The van der Waals surface area contributed by atoms with Gasteiger partial charge in [0, 0.05) is 11.3 Å². The SMILES string of the molecule is N=C(I)c1ccc(C(F)(F)F)cc1N. The molecule has 0 saturated heterocycles. The fraction of sp³-hybridized carbons (Fsp3) is 0.125. The molecule has 6 heteroatoms. The number of halogens is 4. The molecule has 0 aliphatic rings. The van der Waals surface area contributed by atoms with Gasteiger partial charge in [-0.2, -0.15) is 13.2 Å². The number of anilines is 1. The summed E-state index contributed by atoms with van der Waals surface area (Å²) < 4.78 is 36.7. The summed E-state index contributed by atoms with van der Waals surface area (Å²) in [5.74, 6) is 0. The van der Waals surface area contributed by atoms with Crippen molar-refractivity contribution in [2.45, 2.75) is 6.18 Å². The summed E-state index contributed by atoms with van der Waals surface area (Å²) in [6.45, 7) is 0. The average molecular weight is 314 g/mol. The first-order valence-corrected chi connectivity index (χ1v) is 4.61. The normalized spacial score (nSPS) is 11.4. The van der Waals surface area contributed by atoms with Crippen LogP contribution in [0.3, 0.4) is 0 Å². The van der Waals surface area contributed by atoms with Gasteiger partial charge in [-0.1, -0.05) is 0 Å². The predicted octanol–water partition coefficient (Wildman–Crippen LogP) is 3.05. The van der Waals surface area contributed by atoms with Gasteiger partial charge in [0.25, 0.3) is 0 Å². The maximum Gasteiger partial charge on any atom is 0.416 e. The molecule has 1 aromatic carbocycles. The van der Waals surface area contributed by atoms with Crippen molar-refractivity contribution in [1.82, 2.24) is 0 Å². The zero-order valence-electron chi connectivity index (χ0n) is 6.82. The van der Waals surface area contributed by atoms with Crippen LogP contribution < -0.4 is 5.73 Å². The lowest BCUT2D eigenvalue weighted by Crippen LogP contribution is -2.07. The molecule has 1 rings (SSSR count). The van der Waals surface area contributed by atoms with Gasteiger partial charge in [0.15, 0.2) is 0 Å². The number of alkyl halides is 3. The molecule has 0 saturated carbocycles. The molecule has 0 atom stereocenters. The molecule has 3 N–H and O–H groups in total. The fourth-order valence-corrected chi connectivity index (χ4v) is 1.43. The highest BCUT2D eigenvalue weighted by atomic mass is 127. The maximum absolute atomic E-state index is 12.2. The fourth-order valence-electron chi connectivity index (χ4n) is 0.939. The number of benzene rings is 1. The van der Waals surface area contributed by atoms with Crippen LogP contribution in [0.25, 0.3) is 0 Å². The summed E-state index contributed by atoms with van der Waals surface area (Å²) >= 11 is 1.69. The number of hydrogen-bond acceptors (Lipinski definition) is 2. The minimum atomic E-state index is -4.39. The van der Waals surface area contributed by atoms with Crippen molar-refractivity contribution in [3.63, 3.8) is 0 Å². The van der Waals surface area contributed by atoms with Crippen LogP contribution in [0.2, 0.25) is 0 Å². The summed E-state index contributed by atoms with van der Waals surface area (Å²) in [7, 11) is 0. The second-order valence-corrected chi connectivity index (χ2v) is 3.69. The largest absolute Gasteiger partial charge is 0.416 e. The van der Waals surface area contributed by atoms with Crippen molar-refractivity contribution < 1.29 is 13.2 Å². The monoisotopic (exact) mass is 314 g/mol. The molecule has 0 radical (unpaired) electrons. The quantitative estimate of drug-likeness (QED) is 0.467. The van der Waals surface area contributed by atoms with E-state index in [0.717, 1.165) is 12.1 Å². The summed E-state index contributed by atoms with van der Waals surface area (Å²) in [5.41, 5.74) is 4.87. The predicted molar refractivity (Wildman–Crippen MR) is 56.7 cm³/mol. The molecule has 0 aliphatic heterocycles. The molecule has 0 fully saturated rings. The third kappa shape index (κ3) is 2.37. The number of hydrogen-bond donors (Lipinski definition) is 2. The first kappa shape index (κ1) is 11.3. The molecule has 2 nitrogen and oxygen atoms in total. The first-order valence-electron chi connectivity index (χ1n) is 3.53. The van der Waals surface area contributed by atoms with E-state index in [2.05, 4.69) is 0 Å².